The zero-order valence-electron chi connectivity index (χ0n) is 14.9. The predicted octanol–water partition coefficient (Wildman–Crippen LogP) is 2.55. The van der Waals surface area contributed by atoms with E-state index < -0.39 is 11.9 Å². The highest BCUT2D eigenvalue weighted by Crippen LogP contribution is 2.32. The number of hydrogen-bond acceptors (Lipinski definition) is 9. The number of aromatic nitrogens is 2. The van der Waals surface area contributed by atoms with E-state index in [2.05, 4.69) is 10.2 Å². The van der Waals surface area contributed by atoms with E-state index in [1.54, 1.807) is 32.0 Å². The molecule has 0 atom stereocenters. The average Bonchev–Trinajstić information content (AvgIpc) is 3.05. The molecule has 0 unspecified atom stereocenters. The number of carboxylic acids is 1. The van der Waals surface area contributed by atoms with Crippen molar-refractivity contribution in [3.63, 3.8) is 0 Å². The fourth-order valence-electron chi connectivity index (χ4n) is 1.93. The smallest absolute Gasteiger partial charge is 0.344 e. The number of carboxylic acid groups (broad SMARTS) is 1. The van der Waals surface area contributed by atoms with E-state index in [9.17, 15) is 14.7 Å². The maximum Gasteiger partial charge on any atom is 0.344 e. The number of benzene rings is 1. The van der Waals surface area contributed by atoms with Gasteiger partial charge < -0.3 is 23.7 Å². The molecule has 9 nitrogen and oxygen atoms in total. The molecule has 1 aromatic carbocycles. The lowest BCUT2D eigenvalue weighted by atomic mass is 10.2. The Kier molecular flexibility index (Phi) is 7.24. The van der Waals surface area contributed by atoms with Gasteiger partial charge in [-0.3, -0.25) is 0 Å². The van der Waals surface area contributed by atoms with Crippen LogP contribution in [0.3, 0.4) is 0 Å². The molecule has 1 N–H and O–H groups in total. The molecular formula is C17H18N2O7S. The number of aryl methyl sites for hydroxylation is 1. The summed E-state index contributed by atoms with van der Waals surface area (Å²) in [6.45, 7) is 3.32. The van der Waals surface area contributed by atoms with Crippen molar-refractivity contribution < 1.29 is 33.3 Å². The molecule has 2 aromatic rings. The molecular weight excluding hydrogens is 376 g/mol. The summed E-state index contributed by atoms with van der Waals surface area (Å²) in [4.78, 5) is 22.9. The lowest BCUT2D eigenvalue weighted by Gasteiger charge is -2.11. The van der Waals surface area contributed by atoms with Crippen LogP contribution in [0, 0.1) is 6.92 Å². The number of ether oxygens (including phenoxy) is 3. The summed E-state index contributed by atoms with van der Waals surface area (Å²) in [6, 6.07) is 4.79. The number of esters is 1. The maximum atomic E-state index is 11.5. The van der Waals surface area contributed by atoms with E-state index in [0.717, 1.165) is 11.8 Å². The number of aliphatic carboxylic acids is 1. The second kappa shape index (κ2) is 9.62. The van der Waals surface area contributed by atoms with Gasteiger partial charge in [-0.2, -0.15) is 0 Å². The van der Waals surface area contributed by atoms with E-state index in [4.69, 9.17) is 18.6 Å². The second-order valence-electron chi connectivity index (χ2n) is 5.01. The van der Waals surface area contributed by atoms with Gasteiger partial charge in [-0.25, -0.2) is 9.59 Å². The fourth-order valence-corrected chi connectivity index (χ4v) is 2.65. The van der Waals surface area contributed by atoms with Gasteiger partial charge in [0.25, 0.3) is 5.22 Å². The van der Waals surface area contributed by atoms with Gasteiger partial charge in [-0.1, -0.05) is 6.07 Å². The van der Waals surface area contributed by atoms with Gasteiger partial charge in [0, 0.05) is 6.92 Å². The molecule has 0 aliphatic heterocycles. The van der Waals surface area contributed by atoms with Crippen LogP contribution in [0.5, 0.6) is 11.5 Å². The Labute approximate surface area is 159 Å². The van der Waals surface area contributed by atoms with Crippen LogP contribution in [0.15, 0.2) is 32.7 Å². The fraction of sp³-hybridized carbons (Fsp3) is 0.294. The summed E-state index contributed by atoms with van der Waals surface area (Å²) in [5.41, 5.74) is 0.552. The van der Waals surface area contributed by atoms with E-state index in [1.165, 1.54) is 13.2 Å². The first kappa shape index (κ1) is 20.3. The zero-order chi connectivity index (χ0) is 19.8. The van der Waals surface area contributed by atoms with Crippen molar-refractivity contribution >= 4 is 29.8 Å². The Morgan fingerprint density at radius 3 is 2.67 bits per heavy atom. The molecule has 0 bridgehead atoms. The molecule has 0 radical (unpaired) electrons. The maximum absolute atomic E-state index is 11.5. The van der Waals surface area contributed by atoms with Crippen LogP contribution in [-0.2, 0) is 14.3 Å². The highest BCUT2D eigenvalue weighted by Gasteiger charge is 2.15. The van der Waals surface area contributed by atoms with E-state index >= 15 is 0 Å². The Balaban J connectivity index is 2.19. The third-order valence-electron chi connectivity index (χ3n) is 3.05. The van der Waals surface area contributed by atoms with Gasteiger partial charge in [-0.15, -0.1) is 10.2 Å². The quantitative estimate of drug-likeness (QED) is 0.386. The van der Waals surface area contributed by atoms with Crippen molar-refractivity contribution in [1.82, 2.24) is 10.2 Å². The summed E-state index contributed by atoms with van der Waals surface area (Å²) >= 11 is 0.838. The van der Waals surface area contributed by atoms with Crippen molar-refractivity contribution in [3.8, 4) is 11.5 Å². The highest BCUT2D eigenvalue weighted by molar-refractivity contribution is 8.03. The Morgan fingerprint density at radius 1 is 1.30 bits per heavy atom. The normalized spacial score (nSPS) is 11.1. The van der Waals surface area contributed by atoms with Gasteiger partial charge in [0.05, 0.1) is 13.7 Å². The van der Waals surface area contributed by atoms with Gasteiger partial charge in [-0.05, 0) is 42.5 Å². The summed E-state index contributed by atoms with van der Waals surface area (Å²) < 4.78 is 20.6. The number of nitrogens with zero attached hydrogens (tertiary/aromatic N) is 2. The van der Waals surface area contributed by atoms with Crippen molar-refractivity contribution in [2.75, 3.05) is 20.3 Å². The second-order valence-corrected chi connectivity index (χ2v) is 6.00. The molecule has 10 heteroatoms. The molecule has 0 saturated heterocycles. The lowest BCUT2D eigenvalue weighted by molar-refractivity contribution is -0.145. The number of carbonyl (C=O) groups excluding carboxylic acids is 1. The summed E-state index contributed by atoms with van der Waals surface area (Å²) in [5.74, 6) is -0.622. The van der Waals surface area contributed by atoms with Crippen LogP contribution < -0.4 is 9.47 Å². The van der Waals surface area contributed by atoms with Crippen LogP contribution in [0.4, 0.5) is 0 Å². The van der Waals surface area contributed by atoms with Crippen LogP contribution >= 0.6 is 11.8 Å². The first-order valence-electron chi connectivity index (χ1n) is 7.82. The van der Waals surface area contributed by atoms with Crippen molar-refractivity contribution in [1.29, 1.82) is 0 Å². The van der Waals surface area contributed by atoms with Crippen LogP contribution in [0.25, 0.3) is 6.08 Å². The van der Waals surface area contributed by atoms with Gasteiger partial charge in [0.2, 0.25) is 5.89 Å². The first-order chi connectivity index (χ1) is 12.9. The highest BCUT2D eigenvalue weighted by atomic mass is 32.2. The minimum atomic E-state index is -1.14. The molecule has 0 saturated carbocycles. The van der Waals surface area contributed by atoms with E-state index in [0.29, 0.717) is 23.0 Å². The SMILES string of the molecule is CCOC(=O)COc1ccc(/C=C(\Sc2nnc(C)o2)C(=O)O)cc1OC. The van der Waals surface area contributed by atoms with Crippen molar-refractivity contribution in [2.24, 2.45) is 0 Å². The number of rotatable bonds is 9. The first-order valence-corrected chi connectivity index (χ1v) is 8.64. The van der Waals surface area contributed by atoms with Gasteiger partial charge >= 0.3 is 11.9 Å². The molecule has 144 valence electrons. The molecule has 0 spiro atoms. The standard InChI is InChI=1S/C17H18N2O7S/c1-4-24-15(20)9-25-12-6-5-11(7-13(12)23-3)8-14(16(21)22)27-17-19-18-10(2)26-17/h5-8H,4,9H2,1-3H3,(H,21,22)/b14-8-. The number of carbonyl (C=O) groups is 2. The number of hydrogen-bond donors (Lipinski definition) is 1. The van der Waals surface area contributed by atoms with Gasteiger partial charge in [0.1, 0.15) is 4.91 Å². The summed E-state index contributed by atoms with van der Waals surface area (Å²) in [5, 5.41) is 16.9. The molecule has 0 fully saturated rings. The van der Waals surface area contributed by atoms with Crippen molar-refractivity contribution in [3.05, 3.63) is 34.6 Å². The number of thioether (sulfide) groups is 1. The third kappa shape index (κ3) is 6.03. The van der Waals surface area contributed by atoms with Crippen LogP contribution in [0.2, 0.25) is 0 Å². The Bertz CT molecular complexity index is 848. The summed E-state index contributed by atoms with van der Waals surface area (Å²) in [7, 11) is 1.44. The van der Waals surface area contributed by atoms with E-state index in [1.807, 2.05) is 0 Å². The largest absolute Gasteiger partial charge is 0.493 e. The topological polar surface area (TPSA) is 121 Å². The van der Waals surface area contributed by atoms with Crippen LogP contribution in [-0.4, -0.2) is 47.6 Å². The molecule has 0 aliphatic rings. The molecule has 0 amide bonds. The minimum Gasteiger partial charge on any atom is -0.493 e. The third-order valence-corrected chi connectivity index (χ3v) is 3.90. The molecule has 0 aliphatic carbocycles. The lowest BCUT2D eigenvalue weighted by Crippen LogP contribution is -2.14. The monoisotopic (exact) mass is 394 g/mol. The minimum absolute atomic E-state index is 0.0131. The molecule has 27 heavy (non-hydrogen) atoms. The molecule has 2 rings (SSSR count). The summed E-state index contributed by atoms with van der Waals surface area (Å²) in [6.07, 6.45) is 1.43. The molecule has 1 heterocycles. The van der Waals surface area contributed by atoms with E-state index in [-0.39, 0.29) is 23.3 Å². The Hall–Kier alpha value is -3.01. The van der Waals surface area contributed by atoms with Crippen LogP contribution in [0.1, 0.15) is 18.4 Å². The van der Waals surface area contributed by atoms with Gasteiger partial charge in [0.15, 0.2) is 18.1 Å². The number of methoxy groups -OCH3 is 1. The van der Waals surface area contributed by atoms with Crippen molar-refractivity contribution in [2.45, 2.75) is 19.1 Å². The Morgan fingerprint density at radius 2 is 2.07 bits per heavy atom. The zero-order valence-corrected chi connectivity index (χ0v) is 15.7. The molecule has 1 aromatic heterocycles. The average molecular weight is 394 g/mol. The predicted molar refractivity (Wildman–Crippen MR) is 95.6 cm³/mol.